The molecule has 0 heterocycles. The summed E-state index contributed by atoms with van der Waals surface area (Å²) >= 11 is 23.5. The Morgan fingerprint density at radius 3 is 1.83 bits per heavy atom. The van der Waals surface area contributed by atoms with Gasteiger partial charge in [-0.15, -0.1) is 0 Å². The number of ether oxygens (including phenoxy) is 1. The maximum absolute atomic E-state index is 12.4. The topological polar surface area (TPSA) is 79.5 Å². The van der Waals surface area contributed by atoms with E-state index in [4.69, 9.17) is 47.0 Å². The number of alkyl halides is 3. The molecule has 1 atom stereocenters. The molecule has 1 aromatic rings. The zero-order chi connectivity index (χ0) is 26.8. The first-order valence-electron chi connectivity index (χ1n) is 12.8. The highest BCUT2D eigenvalue weighted by Gasteiger charge is 2.34. The fraction of sp³-hybridized carbons (Fsp3) is 0.654. The molecule has 0 spiro atoms. The zero-order valence-electron chi connectivity index (χ0n) is 21.3. The van der Waals surface area contributed by atoms with Crippen LogP contribution in [0.4, 0.5) is 5.69 Å². The molecule has 1 aromatic carbocycles. The molecule has 1 unspecified atom stereocenters. The predicted molar refractivity (Wildman–Crippen MR) is 155 cm³/mol. The number of carbonyl (C=O) groups excluding carboxylic acids is 2. The summed E-state index contributed by atoms with van der Waals surface area (Å²) in [7, 11) is 1.32. The van der Waals surface area contributed by atoms with Gasteiger partial charge in [0.15, 0.2) is 5.11 Å². The van der Waals surface area contributed by atoms with Crippen molar-refractivity contribution in [1.29, 1.82) is 0 Å². The Hall–Kier alpha value is -1.28. The molecule has 1 amide bonds. The number of hydrogen-bond acceptors (Lipinski definition) is 4. The second-order valence-electron chi connectivity index (χ2n) is 8.85. The summed E-state index contributed by atoms with van der Waals surface area (Å²) in [6, 6.07) is 6.52. The number of amides is 1. The Morgan fingerprint density at radius 1 is 0.861 bits per heavy atom. The van der Waals surface area contributed by atoms with Crippen LogP contribution in [-0.2, 0) is 9.53 Å². The lowest BCUT2D eigenvalue weighted by Gasteiger charge is -2.27. The monoisotopic (exact) mass is 579 g/mol. The number of halogens is 3. The zero-order valence-corrected chi connectivity index (χ0v) is 24.4. The van der Waals surface area contributed by atoms with Gasteiger partial charge in [-0.2, -0.15) is 0 Å². The molecule has 3 N–H and O–H groups in total. The van der Waals surface area contributed by atoms with E-state index >= 15 is 0 Å². The predicted octanol–water partition coefficient (Wildman–Crippen LogP) is 7.66. The maximum atomic E-state index is 12.4. The van der Waals surface area contributed by atoms with Crippen molar-refractivity contribution in [3.63, 3.8) is 0 Å². The molecular weight excluding hydrogens is 541 g/mol. The summed E-state index contributed by atoms with van der Waals surface area (Å²) in [5.74, 6) is -0.648. The third-order valence-electron chi connectivity index (χ3n) is 5.73. The molecule has 0 aliphatic rings. The number of unbranched alkanes of at least 4 members (excludes halogenated alkanes) is 11. The van der Waals surface area contributed by atoms with Crippen LogP contribution in [0.15, 0.2) is 24.3 Å². The molecule has 0 aliphatic heterocycles. The van der Waals surface area contributed by atoms with E-state index in [-0.39, 0.29) is 11.0 Å². The van der Waals surface area contributed by atoms with Crippen molar-refractivity contribution in [3.05, 3.63) is 29.8 Å². The van der Waals surface area contributed by atoms with E-state index in [9.17, 15) is 9.59 Å². The third-order valence-corrected chi connectivity index (χ3v) is 6.60. The van der Waals surface area contributed by atoms with E-state index in [0.717, 1.165) is 19.3 Å². The first kappa shape index (κ1) is 32.7. The number of methoxy groups -OCH3 is 1. The van der Waals surface area contributed by atoms with Crippen LogP contribution in [-0.4, -0.2) is 34.1 Å². The molecule has 204 valence electrons. The minimum absolute atomic E-state index is 0.155. The van der Waals surface area contributed by atoms with Gasteiger partial charge in [0.05, 0.1) is 12.7 Å². The van der Waals surface area contributed by atoms with E-state index < -0.39 is 15.9 Å². The number of esters is 1. The van der Waals surface area contributed by atoms with Crippen molar-refractivity contribution in [1.82, 2.24) is 10.6 Å². The van der Waals surface area contributed by atoms with Crippen molar-refractivity contribution >= 4 is 69.7 Å². The van der Waals surface area contributed by atoms with E-state index in [0.29, 0.717) is 17.7 Å². The SMILES string of the molecule is CCCCCCCCCCCCCCC(=O)NC(NC(=S)Nc1ccc(C(=O)OC)cc1)C(Cl)(Cl)Cl. The smallest absolute Gasteiger partial charge is 0.337 e. The molecule has 0 radical (unpaired) electrons. The minimum Gasteiger partial charge on any atom is -0.465 e. The van der Waals surface area contributed by atoms with Crippen molar-refractivity contribution in [2.75, 3.05) is 12.4 Å². The van der Waals surface area contributed by atoms with Crippen LogP contribution in [0.1, 0.15) is 101 Å². The van der Waals surface area contributed by atoms with Gasteiger partial charge in [-0.25, -0.2) is 4.79 Å². The van der Waals surface area contributed by atoms with Gasteiger partial charge in [-0.1, -0.05) is 112 Å². The van der Waals surface area contributed by atoms with Gasteiger partial charge in [0.2, 0.25) is 9.70 Å². The Morgan fingerprint density at radius 2 is 1.36 bits per heavy atom. The number of hydrogen-bond donors (Lipinski definition) is 3. The highest BCUT2D eigenvalue weighted by atomic mass is 35.6. The molecule has 1 rings (SSSR count). The highest BCUT2D eigenvalue weighted by Crippen LogP contribution is 2.29. The minimum atomic E-state index is -1.81. The summed E-state index contributed by atoms with van der Waals surface area (Å²) in [6.07, 6.45) is 14.0. The molecule has 36 heavy (non-hydrogen) atoms. The normalized spacial score (nSPS) is 12.0. The fourth-order valence-electron chi connectivity index (χ4n) is 3.67. The molecular formula is C26H40Cl3N3O3S. The van der Waals surface area contributed by atoms with Gasteiger partial charge in [0, 0.05) is 12.1 Å². The van der Waals surface area contributed by atoms with Crippen LogP contribution in [0.25, 0.3) is 0 Å². The Labute approximate surface area is 236 Å². The molecule has 6 nitrogen and oxygen atoms in total. The molecule has 0 aliphatic carbocycles. The van der Waals surface area contributed by atoms with Gasteiger partial charge in [0.25, 0.3) is 0 Å². The summed E-state index contributed by atoms with van der Waals surface area (Å²) in [6.45, 7) is 2.24. The van der Waals surface area contributed by atoms with Gasteiger partial charge < -0.3 is 20.7 Å². The van der Waals surface area contributed by atoms with Gasteiger partial charge in [-0.05, 0) is 42.9 Å². The summed E-state index contributed by atoms with van der Waals surface area (Å²) in [5.41, 5.74) is 1.03. The Kier molecular flexibility index (Phi) is 17.2. The fourth-order valence-corrected chi connectivity index (χ4v) is 4.23. The van der Waals surface area contributed by atoms with Crippen LogP contribution in [0.2, 0.25) is 0 Å². The maximum Gasteiger partial charge on any atom is 0.337 e. The number of anilines is 1. The number of nitrogens with one attached hydrogen (secondary N) is 3. The Bertz CT molecular complexity index is 789. The third kappa shape index (κ3) is 15.1. The number of carbonyl (C=O) groups is 2. The van der Waals surface area contributed by atoms with Crippen molar-refractivity contribution in [2.24, 2.45) is 0 Å². The van der Waals surface area contributed by atoms with Gasteiger partial charge in [-0.3, -0.25) is 4.79 Å². The van der Waals surface area contributed by atoms with Crippen molar-refractivity contribution in [2.45, 2.75) is 100 Å². The lowest BCUT2D eigenvalue weighted by Crippen LogP contribution is -2.56. The average molecular weight is 581 g/mol. The summed E-state index contributed by atoms with van der Waals surface area (Å²) in [4.78, 5) is 24.0. The number of rotatable bonds is 17. The van der Waals surface area contributed by atoms with Crippen LogP contribution in [0.3, 0.4) is 0 Å². The molecule has 0 fully saturated rings. The summed E-state index contributed by atoms with van der Waals surface area (Å²) < 4.78 is 2.86. The number of thiocarbonyl (C=S) groups is 1. The first-order valence-corrected chi connectivity index (χ1v) is 14.3. The van der Waals surface area contributed by atoms with E-state index in [1.807, 2.05) is 0 Å². The lowest BCUT2D eigenvalue weighted by molar-refractivity contribution is -0.122. The second kappa shape index (κ2) is 18.9. The van der Waals surface area contributed by atoms with Crippen LogP contribution in [0, 0.1) is 0 Å². The highest BCUT2D eigenvalue weighted by molar-refractivity contribution is 7.80. The van der Waals surface area contributed by atoms with Crippen LogP contribution in [0.5, 0.6) is 0 Å². The van der Waals surface area contributed by atoms with E-state index in [1.54, 1.807) is 24.3 Å². The van der Waals surface area contributed by atoms with Gasteiger partial charge in [0.1, 0.15) is 6.17 Å². The van der Waals surface area contributed by atoms with E-state index in [2.05, 4.69) is 27.6 Å². The van der Waals surface area contributed by atoms with E-state index in [1.165, 1.54) is 64.9 Å². The molecule has 0 aromatic heterocycles. The molecule has 10 heteroatoms. The molecule has 0 saturated heterocycles. The van der Waals surface area contributed by atoms with Crippen molar-refractivity contribution < 1.29 is 14.3 Å². The first-order chi connectivity index (χ1) is 17.2. The van der Waals surface area contributed by atoms with Crippen LogP contribution >= 0.6 is 47.0 Å². The van der Waals surface area contributed by atoms with Crippen molar-refractivity contribution in [3.8, 4) is 0 Å². The Balaban J connectivity index is 2.30. The van der Waals surface area contributed by atoms with Gasteiger partial charge >= 0.3 is 5.97 Å². The second-order valence-corrected chi connectivity index (χ2v) is 11.6. The quantitative estimate of drug-likeness (QED) is 0.0577. The average Bonchev–Trinajstić information content (AvgIpc) is 2.83. The van der Waals surface area contributed by atoms with Crippen LogP contribution < -0.4 is 16.0 Å². The molecule has 0 bridgehead atoms. The lowest BCUT2D eigenvalue weighted by atomic mass is 10.0. The largest absolute Gasteiger partial charge is 0.465 e. The number of benzene rings is 1. The molecule has 0 saturated carbocycles. The standard InChI is InChI=1S/C26H40Cl3N3O3S/c1-3-4-5-6-7-8-9-10-11-12-13-14-15-22(33)31-24(26(27,28)29)32-25(36)30-21-18-16-20(17-19-21)23(34)35-2/h16-19,24H,3-15H2,1-2H3,(H,31,33)(H2,30,32,36). The summed E-state index contributed by atoms with van der Waals surface area (Å²) in [5, 5.41) is 8.63.